The fourth-order valence-electron chi connectivity index (χ4n) is 6.81. The Bertz CT molecular complexity index is 1150. The number of cyclic esters (lactones) is 1. The second-order valence-corrected chi connectivity index (χ2v) is 12.4. The molecule has 2 aliphatic carbocycles. The van der Waals surface area contributed by atoms with Crippen LogP contribution in [0.5, 0.6) is 0 Å². The van der Waals surface area contributed by atoms with Crippen molar-refractivity contribution in [2.24, 2.45) is 22.7 Å². The third kappa shape index (κ3) is 4.52. The largest absolute Gasteiger partial charge is 0.447 e. The molecule has 0 aromatic heterocycles. The molecule has 37 heavy (non-hydrogen) atoms. The number of hydrogen-bond acceptors (Lipinski definition) is 5. The minimum atomic E-state index is -0.529. The van der Waals surface area contributed by atoms with Gasteiger partial charge in [0.25, 0.3) is 0 Å². The number of benzene rings is 1. The molecule has 5 aliphatic rings. The van der Waals surface area contributed by atoms with Crippen molar-refractivity contribution >= 4 is 17.9 Å². The minimum Gasteiger partial charge on any atom is -0.447 e. The summed E-state index contributed by atoms with van der Waals surface area (Å²) in [7, 11) is 0. The Morgan fingerprint density at radius 3 is 2.46 bits per heavy atom. The first-order chi connectivity index (χ1) is 17.8. The van der Waals surface area contributed by atoms with Crippen molar-refractivity contribution in [2.45, 2.75) is 52.1 Å². The number of nitrogens with zero attached hydrogens (tertiary/aromatic N) is 3. The number of carbonyl (C=O) groups is 3. The second kappa shape index (κ2) is 9.12. The highest BCUT2D eigenvalue weighted by Gasteiger charge is 2.62. The molecule has 4 fully saturated rings. The summed E-state index contributed by atoms with van der Waals surface area (Å²) in [5.74, 6) is -0.160. The number of rotatable bonds is 6. The van der Waals surface area contributed by atoms with Gasteiger partial charge in [0.2, 0.25) is 11.8 Å². The highest BCUT2D eigenvalue weighted by molar-refractivity contribution is 5.96. The first kappa shape index (κ1) is 24.4. The van der Waals surface area contributed by atoms with Crippen LogP contribution in [0, 0.1) is 22.7 Å². The second-order valence-electron chi connectivity index (χ2n) is 12.4. The van der Waals surface area contributed by atoms with Crippen molar-refractivity contribution in [3.05, 3.63) is 59.7 Å². The zero-order chi connectivity index (χ0) is 25.8. The number of carbonyl (C=O) groups excluding carboxylic acids is 3. The number of hydrogen-bond donors (Lipinski definition) is 0. The van der Waals surface area contributed by atoms with E-state index in [-0.39, 0.29) is 47.1 Å². The van der Waals surface area contributed by atoms with Crippen molar-refractivity contribution in [1.29, 1.82) is 0 Å². The number of amides is 3. The van der Waals surface area contributed by atoms with Crippen LogP contribution in [-0.2, 0) is 20.9 Å². The lowest BCUT2D eigenvalue weighted by Gasteiger charge is -2.51. The zero-order valence-electron chi connectivity index (χ0n) is 21.9. The van der Waals surface area contributed by atoms with Crippen LogP contribution in [0.1, 0.15) is 45.1 Å². The Kier molecular flexibility index (Phi) is 6.02. The summed E-state index contributed by atoms with van der Waals surface area (Å²) in [6.07, 6.45) is 9.49. The zero-order valence-corrected chi connectivity index (χ0v) is 21.9. The van der Waals surface area contributed by atoms with Crippen LogP contribution >= 0.6 is 0 Å². The highest BCUT2D eigenvalue weighted by atomic mass is 16.6. The maximum Gasteiger partial charge on any atom is 0.416 e. The van der Waals surface area contributed by atoms with Gasteiger partial charge in [-0.1, -0.05) is 68.0 Å². The van der Waals surface area contributed by atoms with Crippen LogP contribution in [-0.4, -0.2) is 71.4 Å². The van der Waals surface area contributed by atoms with E-state index in [1.165, 1.54) is 10.5 Å². The molecular formula is C30H37N3O4. The third-order valence-corrected chi connectivity index (χ3v) is 9.14. The van der Waals surface area contributed by atoms with E-state index in [1.54, 1.807) is 0 Å². The first-order valence-electron chi connectivity index (χ1n) is 13.7. The number of likely N-dealkylation sites (tertiary alicyclic amines) is 2. The summed E-state index contributed by atoms with van der Waals surface area (Å²) in [4.78, 5) is 45.7. The van der Waals surface area contributed by atoms with Crippen molar-refractivity contribution < 1.29 is 19.1 Å². The molecule has 196 valence electrons. The lowest BCUT2D eigenvalue weighted by Crippen LogP contribution is -2.65. The van der Waals surface area contributed by atoms with E-state index >= 15 is 0 Å². The summed E-state index contributed by atoms with van der Waals surface area (Å²) in [5, 5.41) is 0. The molecule has 3 heterocycles. The smallest absolute Gasteiger partial charge is 0.416 e. The molecule has 3 unspecified atom stereocenters. The summed E-state index contributed by atoms with van der Waals surface area (Å²) in [6.45, 7) is 7.78. The Morgan fingerprint density at radius 2 is 1.78 bits per heavy atom. The summed E-state index contributed by atoms with van der Waals surface area (Å²) >= 11 is 0. The van der Waals surface area contributed by atoms with E-state index in [9.17, 15) is 14.4 Å². The van der Waals surface area contributed by atoms with E-state index < -0.39 is 6.09 Å². The van der Waals surface area contributed by atoms with Crippen molar-refractivity contribution in [1.82, 2.24) is 14.7 Å². The molecule has 3 atom stereocenters. The number of imide groups is 1. The van der Waals surface area contributed by atoms with Crippen LogP contribution in [0.4, 0.5) is 4.79 Å². The lowest BCUT2D eigenvalue weighted by atomic mass is 9.70. The molecule has 1 aromatic carbocycles. The van der Waals surface area contributed by atoms with Crippen molar-refractivity contribution in [3.8, 4) is 0 Å². The first-order valence-corrected chi connectivity index (χ1v) is 13.7. The minimum absolute atomic E-state index is 0.0822. The van der Waals surface area contributed by atoms with Crippen LogP contribution in [0.25, 0.3) is 0 Å². The van der Waals surface area contributed by atoms with Gasteiger partial charge in [-0.15, -0.1) is 0 Å². The van der Waals surface area contributed by atoms with Crippen LogP contribution in [0.2, 0.25) is 0 Å². The predicted octanol–water partition coefficient (Wildman–Crippen LogP) is 4.01. The Hall–Kier alpha value is -2.93. The molecular weight excluding hydrogens is 466 g/mol. The van der Waals surface area contributed by atoms with Crippen LogP contribution in [0.3, 0.4) is 0 Å². The molecule has 3 amide bonds. The SMILES string of the molecule is CC1(C)CC1C(=O)N1CC2(CN(Cc3ccccc3)CC2C(=O)N2C(=O)OCC2CC2=CCCC=C2)C1. The maximum atomic E-state index is 14.1. The van der Waals surface area contributed by atoms with Gasteiger partial charge in [-0.05, 0) is 36.7 Å². The van der Waals surface area contributed by atoms with E-state index in [0.717, 1.165) is 37.9 Å². The van der Waals surface area contributed by atoms with E-state index in [4.69, 9.17) is 4.74 Å². The molecule has 0 radical (unpaired) electrons. The van der Waals surface area contributed by atoms with Gasteiger partial charge >= 0.3 is 6.09 Å². The number of ether oxygens (including phenoxy) is 1. The highest BCUT2D eigenvalue weighted by Crippen LogP contribution is 2.55. The molecule has 3 saturated heterocycles. The standard InChI is InChI=1S/C30H37N3O4/c1-29(2)14-24(29)26(34)32-19-30(20-32)18-31(15-22-11-7-4-8-12-22)16-25(30)27(35)33-23(17-37-28(33)36)13-21-9-5-3-6-10-21/h4-5,7-12,23-25H,3,6,13-20H2,1-2H3. The van der Waals surface area contributed by atoms with Gasteiger partial charge in [0.05, 0.1) is 12.0 Å². The van der Waals surface area contributed by atoms with Gasteiger partial charge in [-0.3, -0.25) is 14.5 Å². The average molecular weight is 504 g/mol. The normalized spacial score (nSPS) is 29.7. The Labute approximate surface area is 219 Å². The quantitative estimate of drug-likeness (QED) is 0.587. The summed E-state index contributed by atoms with van der Waals surface area (Å²) in [6, 6.07) is 10.00. The van der Waals surface area contributed by atoms with Crippen LogP contribution in [0.15, 0.2) is 54.1 Å². The topological polar surface area (TPSA) is 70.2 Å². The Morgan fingerprint density at radius 1 is 1.03 bits per heavy atom. The lowest BCUT2D eigenvalue weighted by molar-refractivity contribution is -0.154. The predicted molar refractivity (Wildman–Crippen MR) is 139 cm³/mol. The van der Waals surface area contributed by atoms with Crippen molar-refractivity contribution in [2.75, 3.05) is 32.8 Å². The molecule has 1 spiro atoms. The van der Waals surface area contributed by atoms with Gasteiger partial charge in [0, 0.05) is 44.1 Å². The molecule has 3 aliphatic heterocycles. The van der Waals surface area contributed by atoms with E-state index in [1.807, 2.05) is 23.1 Å². The maximum absolute atomic E-state index is 14.1. The average Bonchev–Trinajstić information content (AvgIpc) is 3.16. The molecule has 1 aromatic rings. The van der Waals surface area contributed by atoms with E-state index in [2.05, 4.69) is 49.1 Å². The molecule has 1 saturated carbocycles. The summed E-state index contributed by atoms with van der Waals surface area (Å²) in [5.41, 5.74) is 2.12. The van der Waals surface area contributed by atoms with Gasteiger partial charge in [0.15, 0.2) is 0 Å². The number of allylic oxidation sites excluding steroid dienone is 3. The fourth-order valence-corrected chi connectivity index (χ4v) is 6.81. The van der Waals surface area contributed by atoms with Crippen molar-refractivity contribution in [3.63, 3.8) is 0 Å². The molecule has 0 bridgehead atoms. The molecule has 6 rings (SSSR count). The van der Waals surface area contributed by atoms with Gasteiger partial charge in [-0.2, -0.15) is 0 Å². The van der Waals surface area contributed by atoms with Gasteiger partial charge in [0.1, 0.15) is 6.61 Å². The molecule has 7 heteroatoms. The fraction of sp³-hybridized carbons (Fsp3) is 0.567. The molecule has 0 N–H and O–H groups in total. The van der Waals surface area contributed by atoms with E-state index in [0.29, 0.717) is 26.1 Å². The van der Waals surface area contributed by atoms with Crippen LogP contribution < -0.4 is 0 Å². The third-order valence-electron chi connectivity index (χ3n) is 9.14. The van der Waals surface area contributed by atoms with Gasteiger partial charge in [-0.25, -0.2) is 9.69 Å². The van der Waals surface area contributed by atoms with Gasteiger partial charge < -0.3 is 9.64 Å². The monoisotopic (exact) mass is 503 g/mol. The molecule has 7 nitrogen and oxygen atoms in total. The summed E-state index contributed by atoms with van der Waals surface area (Å²) < 4.78 is 5.40. The Balaban J connectivity index is 1.21.